The van der Waals surface area contributed by atoms with E-state index in [1.165, 1.54) is 0 Å². The Morgan fingerprint density at radius 1 is 1.50 bits per heavy atom. The van der Waals surface area contributed by atoms with Crippen LogP contribution in [0.3, 0.4) is 0 Å². The number of carbonyl (C=O) groups excluding carboxylic acids is 1. The van der Waals surface area contributed by atoms with Crippen molar-refractivity contribution in [2.75, 3.05) is 0 Å². The van der Waals surface area contributed by atoms with Gasteiger partial charge in [0.2, 0.25) is 5.91 Å². The van der Waals surface area contributed by atoms with Gasteiger partial charge in [0.1, 0.15) is 5.82 Å². The largest absolute Gasteiger partial charge is 0.354 e. The van der Waals surface area contributed by atoms with Crippen LogP contribution in [0.1, 0.15) is 19.7 Å². The topological polar surface area (TPSA) is 83.6 Å². The summed E-state index contributed by atoms with van der Waals surface area (Å²) >= 11 is 0. The number of aromatic amines is 1. The molecule has 0 bridgehead atoms. The van der Waals surface area contributed by atoms with Crippen LogP contribution >= 0.6 is 0 Å². The fourth-order valence-corrected chi connectivity index (χ4v) is 1.52. The third-order valence-electron chi connectivity index (χ3n) is 2.23. The van der Waals surface area contributed by atoms with E-state index in [0.717, 1.165) is 5.56 Å². The van der Waals surface area contributed by atoms with Crippen LogP contribution in [0.4, 0.5) is 0 Å². The van der Waals surface area contributed by atoms with E-state index in [-0.39, 0.29) is 18.4 Å². The van der Waals surface area contributed by atoms with Gasteiger partial charge < -0.3 is 5.32 Å². The predicted octanol–water partition coefficient (Wildman–Crippen LogP) is 0.934. The Kier molecular flexibility index (Phi) is 3.66. The molecule has 0 aliphatic heterocycles. The zero-order valence-corrected chi connectivity index (χ0v) is 10.3. The summed E-state index contributed by atoms with van der Waals surface area (Å²) in [4.78, 5) is 19.8. The Hall–Kier alpha value is -2.24. The molecule has 0 saturated carbocycles. The molecule has 0 fully saturated rings. The minimum Gasteiger partial charge on any atom is -0.354 e. The van der Waals surface area contributed by atoms with E-state index < -0.39 is 0 Å². The molecule has 6 nitrogen and oxygen atoms in total. The highest BCUT2D eigenvalue weighted by Crippen LogP contribution is 2.11. The number of aromatic nitrogens is 4. The zero-order chi connectivity index (χ0) is 13.0. The van der Waals surface area contributed by atoms with Gasteiger partial charge >= 0.3 is 0 Å². The molecule has 0 unspecified atom stereocenters. The molecule has 2 aromatic heterocycles. The maximum Gasteiger partial charge on any atom is 0.227 e. The first-order valence-electron chi connectivity index (χ1n) is 5.76. The van der Waals surface area contributed by atoms with E-state index in [1.54, 1.807) is 12.4 Å². The van der Waals surface area contributed by atoms with Crippen LogP contribution in [0.5, 0.6) is 0 Å². The van der Waals surface area contributed by atoms with Crippen molar-refractivity contribution >= 4 is 5.91 Å². The van der Waals surface area contributed by atoms with Crippen molar-refractivity contribution in [3.05, 3.63) is 30.4 Å². The fraction of sp³-hybridized carbons (Fsp3) is 0.333. The Labute approximate surface area is 105 Å². The molecular formula is C12H15N5O. The van der Waals surface area contributed by atoms with Crippen LogP contribution in [0, 0.1) is 0 Å². The first-order valence-corrected chi connectivity index (χ1v) is 5.76. The number of amides is 1. The molecule has 2 N–H and O–H groups in total. The van der Waals surface area contributed by atoms with Crippen molar-refractivity contribution in [1.29, 1.82) is 0 Å². The summed E-state index contributed by atoms with van der Waals surface area (Å²) in [6.45, 7) is 3.83. The highest BCUT2D eigenvalue weighted by Gasteiger charge is 2.10. The van der Waals surface area contributed by atoms with Crippen LogP contribution < -0.4 is 5.32 Å². The third-order valence-corrected chi connectivity index (χ3v) is 2.23. The van der Waals surface area contributed by atoms with E-state index in [9.17, 15) is 4.79 Å². The molecular weight excluding hydrogens is 230 g/mol. The molecule has 0 aliphatic carbocycles. The highest BCUT2D eigenvalue weighted by molar-refractivity contribution is 5.78. The van der Waals surface area contributed by atoms with Gasteiger partial charge in [-0.25, -0.2) is 4.98 Å². The average Bonchev–Trinajstić information content (AvgIpc) is 2.77. The zero-order valence-electron chi connectivity index (χ0n) is 10.3. The molecule has 0 atom stereocenters. The Morgan fingerprint density at radius 3 is 3.00 bits per heavy atom. The van der Waals surface area contributed by atoms with Crippen molar-refractivity contribution in [3.63, 3.8) is 0 Å². The van der Waals surface area contributed by atoms with Gasteiger partial charge in [-0.2, -0.15) is 5.10 Å². The minimum atomic E-state index is -0.0705. The molecule has 2 heterocycles. The number of nitrogens with one attached hydrogen (secondary N) is 2. The average molecular weight is 245 g/mol. The summed E-state index contributed by atoms with van der Waals surface area (Å²) in [7, 11) is 0. The van der Waals surface area contributed by atoms with E-state index in [4.69, 9.17) is 0 Å². The van der Waals surface area contributed by atoms with Gasteiger partial charge in [0, 0.05) is 24.0 Å². The molecule has 94 valence electrons. The van der Waals surface area contributed by atoms with Crippen molar-refractivity contribution in [1.82, 2.24) is 25.5 Å². The maximum atomic E-state index is 11.6. The number of H-pyrrole nitrogens is 1. The number of carbonyl (C=O) groups is 1. The highest BCUT2D eigenvalue weighted by atomic mass is 16.1. The van der Waals surface area contributed by atoms with Crippen LogP contribution in [-0.4, -0.2) is 32.1 Å². The van der Waals surface area contributed by atoms with Crippen LogP contribution in [0.15, 0.2) is 24.5 Å². The minimum absolute atomic E-state index is 0.0705. The summed E-state index contributed by atoms with van der Waals surface area (Å²) in [5.74, 6) is 1.03. The van der Waals surface area contributed by atoms with Gasteiger partial charge in [-0.1, -0.05) is 0 Å². The van der Waals surface area contributed by atoms with Crippen LogP contribution in [-0.2, 0) is 11.2 Å². The quantitative estimate of drug-likeness (QED) is 0.839. The van der Waals surface area contributed by atoms with Gasteiger partial charge in [-0.3, -0.25) is 14.9 Å². The van der Waals surface area contributed by atoms with Crippen molar-refractivity contribution in [2.45, 2.75) is 26.3 Å². The molecule has 18 heavy (non-hydrogen) atoms. The van der Waals surface area contributed by atoms with Gasteiger partial charge in [0.05, 0.1) is 6.42 Å². The van der Waals surface area contributed by atoms with Crippen molar-refractivity contribution in [3.8, 4) is 11.4 Å². The predicted molar refractivity (Wildman–Crippen MR) is 66.6 cm³/mol. The van der Waals surface area contributed by atoms with Gasteiger partial charge in [0.15, 0.2) is 5.82 Å². The molecule has 0 aromatic carbocycles. The fourth-order valence-electron chi connectivity index (χ4n) is 1.52. The number of hydrogen-bond donors (Lipinski definition) is 2. The number of hydrogen-bond acceptors (Lipinski definition) is 4. The lowest BCUT2D eigenvalue weighted by atomic mass is 10.3. The Morgan fingerprint density at radius 2 is 2.33 bits per heavy atom. The van der Waals surface area contributed by atoms with Crippen LogP contribution in [0.25, 0.3) is 11.4 Å². The smallest absolute Gasteiger partial charge is 0.227 e. The van der Waals surface area contributed by atoms with Gasteiger partial charge in [0.25, 0.3) is 0 Å². The maximum absolute atomic E-state index is 11.6. The van der Waals surface area contributed by atoms with E-state index in [1.807, 2.05) is 26.0 Å². The van der Waals surface area contributed by atoms with Gasteiger partial charge in [-0.05, 0) is 26.0 Å². The summed E-state index contributed by atoms with van der Waals surface area (Å²) in [5.41, 5.74) is 0.823. The molecule has 2 rings (SSSR count). The standard InChI is InChI=1S/C12H15N5O/c1-8(2)14-11(18)6-10-15-12(17-16-10)9-4-3-5-13-7-9/h3-5,7-8H,6H2,1-2H3,(H,14,18)(H,15,16,17). The first kappa shape index (κ1) is 12.2. The SMILES string of the molecule is CC(C)NC(=O)Cc1nc(-c2cccnc2)n[nH]1. The number of nitrogens with zero attached hydrogens (tertiary/aromatic N) is 3. The number of pyridine rings is 1. The van der Waals surface area contributed by atoms with E-state index in [0.29, 0.717) is 11.6 Å². The van der Waals surface area contributed by atoms with Crippen molar-refractivity contribution in [2.24, 2.45) is 0 Å². The van der Waals surface area contributed by atoms with E-state index >= 15 is 0 Å². The lowest BCUT2D eigenvalue weighted by Crippen LogP contribution is -2.31. The first-order chi connectivity index (χ1) is 8.65. The second kappa shape index (κ2) is 5.39. The molecule has 1 amide bonds. The Balaban J connectivity index is 2.05. The monoisotopic (exact) mass is 245 g/mol. The van der Waals surface area contributed by atoms with Crippen LogP contribution in [0.2, 0.25) is 0 Å². The van der Waals surface area contributed by atoms with Gasteiger partial charge in [-0.15, -0.1) is 0 Å². The molecule has 0 aliphatic rings. The van der Waals surface area contributed by atoms with E-state index in [2.05, 4.69) is 25.5 Å². The summed E-state index contributed by atoms with van der Waals surface area (Å²) in [5, 5.41) is 9.62. The lowest BCUT2D eigenvalue weighted by molar-refractivity contribution is -0.121. The lowest BCUT2D eigenvalue weighted by Gasteiger charge is -2.05. The van der Waals surface area contributed by atoms with Crippen molar-refractivity contribution < 1.29 is 4.79 Å². The number of rotatable bonds is 4. The molecule has 0 radical (unpaired) electrons. The molecule has 6 heteroatoms. The summed E-state index contributed by atoms with van der Waals surface area (Å²) in [6.07, 6.45) is 3.57. The second-order valence-corrected chi connectivity index (χ2v) is 4.25. The molecule has 0 saturated heterocycles. The summed E-state index contributed by atoms with van der Waals surface area (Å²) < 4.78 is 0. The molecule has 2 aromatic rings. The third kappa shape index (κ3) is 3.13. The second-order valence-electron chi connectivity index (χ2n) is 4.25. The molecule has 0 spiro atoms. The normalized spacial score (nSPS) is 10.6. The summed E-state index contributed by atoms with van der Waals surface area (Å²) in [6, 6.07) is 3.81. The Bertz CT molecular complexity index is 520.